The molecule has 2 rings (SSSR count). The predicted octanol–water partition coefficient (Wildman–Crippen LogP) is 2.18. The number of carbonyl (C=O) groups is 1. The number of nitrogens with zero attached hydrogens (tertiary/aromatic N) is 1. The first-order valence-corrected chi connectivity index (χ1v) is 7.90. The number of benzene rings is 1. The van der Waals surface area contributed by atoms with Gasteiger partial charge in [-0.25, -0.2) is 0 Å². The number of hydrogen-bond donors (Lipinski definition) is 2. The van der Waals surface area contributed by atoms with Gasteiger partial charge in [-0.2, -0.15) is 0 Å². The summed E-state index contributed by atoms with van der Waals surface area (Å²) >= 11 is 3.50. The largest absolute Gasteiger partial charge is 0.368 e. The topological polar surface area (TPSA) is 72.3 Å². The summed E-state index contributed by atoms with van der Waals surface area (Å²) in [7, 11) is 0. The first-order valence-electron chi connectivity index (χ1n) is 7.10. The lowest BCUT2D eigenvalue weighted by Crippen LogP contribution is -2.47. The highest BCUT2D eigenvalue weighted by atomic mass is 79.9. The third kappa shape index (κ3) is 3.22. The second-order valence-corrected chi connectivity index (χ2v) is 6.29. The minimum absolute atomic E-state index is 0.00995. The Morgan fingerprint density at radius 2 is 2.30 bits per heavy atom. The smallest absolute Gasteiger partial charge is 0.234 e. The molecule has 1 aromatic rings. The second-order valence-electron chi connectivity index (χ2n) is 5.37. The predicted molar refractivity (Wildman–Crippen MR) is 84.1 cm³/mol. The number of hydrogen-bond acceptors (Lipinski definition) is 3. The molecule has 1 fully saturated rings. The number of likely N-dealkylation sites (tertiary alicyclic amines) is 1. The molecule has 0 spiro atoms. The molecule has 1 heterocycles. The van der Waals surface area contributed by atoms with Gasteiger partial charge in [-0.1, -0.05) is 35.0 Å². The van der Waals surface area contributed by atoms with E-state index >= 15 is 0 Å². The van der Waals surface area contributed by atoms with Crippen LogP contribution in [0.4, 0.5) is 0 Å². The fraction of sp³-hybridized carbons (Fsp3) is 0.533. The first-order chi connectivity index (χ1) is 9.54. The van der Waals surface area contributed by atoms with E-state index in [9.17, 15) is 4.79 Å². The van der Waals surface area contributed by atoms with Gasteiger partial charge in [0.1, 0.15) is 0 Å². The third-order valence-corrected chi connectivity index (χ3v) is 4.54. The highest BCUT2D eigenvalue weighted by molar-refractivity contribution is 9.10. The summed E-state index contributed by atoms with van der Waals surface area (Å²) < 4.78 is 1.03. The molecule has 4 N–H and O–H groups in total. The second kappa shape index (κ2) is 6.70. The molecule has 1 aliphatic rings. The lowest BCUT2D eigenvalue weighted by molar-refractivity contribution is -0.123. The van der Waals surface area contributed by atoms with Crippen LogP contribution in [-0.4, -0.2) is 29.4 Å². The number of carbonyl (C=O) groups excluding carboxylic acids is 1. The van der Waals surface area contributed by atoms with E-state index in [-0.39, 0.29) is 24.0 Å². The number of primary amides is 1. The van der Waals surface area contributed by atoms with Gasteiger partial charge in [0.05, 0.1) is 12.1 Å². The van der Waals surface area contributed by atoms with Gasteiger partial charge in [0.2, 0.25) is 5.91 Å². The summed E-state index contributed by atoms with van der Waals surface area (Å²) in [6.07, 6.45) is 2.68. The van der Waals surface area contributed by atoms with E-state index in [1.807, 2.05) is 12.1 Å². The minimum atomic E-state index is -0.245. The third-order valence-electron chi connectivity index (χ3n) is 4.05. The zero-order chi connectivity index (χ0) is 14.7. The molecular formula is C15H22BrN3O. The van der Waals surface area contributed by atoms with Gasteiger partial charge in [0, 0.05) is 10.5 Å². The Bertz CT molecular complexity index is 480. The Hall–Kier alpha value is -0.910. The van der Waals surface area contributed by atoms with Gasteiger partial charge in [0.15, 0.2) is 0 Å². The number of nitrogens with two attached hydrogens (primary N) is 2. The lowest BCUT2D eigenvalue weighted by atomic mass is 9.95. The summed E-state index contributed by atoms with van der Waals surface area (Å²) in [6.45, 7) is 2.95. The van der Waals surface area contributed by atoms with Crippen molar-refractivity contribution in [2.24, 2.45) is 11.5 Å². The van der Waals surface area contributed by atoms with E-state index in [4.69, 9.17) is 11.5 Å². The van der Waals surface area contributed by atoms with Crippen LogP contribution in [0.2, 0.25) is 0 Å². The van der Waals surface area contributed by atoms with Gasteiger partial charge in [-0.3, -0.25) is 9.69 Å². The van der Waals surface area contributed by atoms with E-state index in [1.165, 1.54) is 0 Å². The lowest BCUT2D eigenvalue weighted by Gasteiger charge is -2.35. The Morgan fingerprint density at radius 3 is 2.90 bits per heavy atom. The molecule has 1 aromatic carbocycles. The molecule has 4 nitrogen and oxygen atoms in total. The average Bonchev–Trinajstić information content (AvgIpc) is 2.88. The van der Waals surface area contributed by atoms with Crippen LogP contribution < -0.4 is 11.5 Å². The van der Waals surface area contributed by atoms with Crippen LogP contribution in [0.5, 0.6) is 0 Å². The standard InChI is InChI=1S/C15H22BrN3O/c1-2-12(17)14(10-5-3-6-11(16)9-10)19-8-4-7-13(19)15(18)20/h3,5-6,9,12-14H,2,4,7-8,17H2,1H3,(H2,18,20). The monoisotopic (exact) mass is 339 g/mol. The molecule has 1 saturated heterocycles. The molecule has 1 amide bonds. The highest BCUT2D eigenvalue weighted by Gasteiger charge is 2.37. The van der Waals surface area contributed by atoms with Gasteiger partial charge in [-0.15, -0.1) is 0 Å². The van der Waals surface area contributed by atoms with E-state index < -0.39 is 0 Å². The van der Waals surface area contributed by atoms with Crippen LogP contribution in [0.15, 0.2) is 28.7 Å². The van der Waals surface area contributed by atoms with E-state index in [2.05, 4.69) is 39.9 Å². The zero-order valence-electron chi connectivity index (χ0n) is 11.8. The number of halogens is 1. The fourth-order valence-electron chi connectivity index (χ4n) is 3.03. The van der Waals surface area contributed by atoms with Crippen LogP contribution >= 0.6 is 15.9 Å². The molecular weight excluding hydrogens is 318 g/mol. The molecule has 0 saturated carbocycles. The van der Waals surface area contributed by atoms with Crippen molar-refractivity contribution in [2.75, 3.05) is 6.54 Å². The molecule has 110 valence electrons. The van der Waals surface area contributed by atoms with Crippen molar-refractivity contribution in [1.82, 2.24) is 4.90 Å². The Labute approximate surface area is 128 Å². The minimum Gasteiger partial charge on any atom is -0.368 e. The molecule has 0 radical (unpaired) electrons. The van der Waals surface area contributed by atoms with Crippen LogP contribution in [-0.2, 0) is 4.79 Å². The zero-order valence-corrected chi connectivity index (χ0v) is 13.3. The maximum absolute atomic E-state index is 11.7. The summed E-state index contributed by atoms with van der Waals surface area (Å²) in [5.74, 6) is -0.245. The highest BCUT2D eigenvalue weighted by Crippen LogP contribution is 2.33. The van der Waals surface area contributed by atoms with Gasteiger partial charge < -0.3 is 11.5 Å². The van der Waals surface area contributed by atoms with Crippen molar-refractivity contribution in [2.45, 2.75) is 44.3 Å². The van der Waals surface area contributed by atoms with E-state index in [0.29, 0.717) is 0 Å². The Balaban J connectivity index is 2.35. The maximum Gasteiger partial charge on any atom is 0.234 e. The summed E-state index contributed by atoms with van der Waals surface area (Å²) in [4.78, 5) is 13.8. The fourth-order valence-corrected chi connectivity index (χ4v) is 3.44. The molecule has 3 atom stereocenters. The van der Waals surface area contributed by atoms with Crippen molar-refractivity contribution in [3.63, 3.8) is 0 Å². The first kappa shape index (κ1) is 15.5. The molecule has 0 bridgehead atoms. The Kier molecular flexibility index (Phi) is 5.18. The molecule has 5 heteroatoms. The normalized spacial score (nSPS) is 22.6. The van der Waals surface area contributed by atoms with Gasteiger partial charge >= 0.3 is 0 Å². The van der Waals surface area contributed by atoms with Crippen molar-refractivity contribution in [3.8, 4) is 0 Å². The molecule has 0 aliphatic carbocycles. The van der Waals surface area contributed by atoms with Crippen LogP contribution in [0.1, 0.15) is 37.8 Å². The SMILES string of the molecule is CCC(N)C(c1cccc(Br)c1)N1CCCC1C(N)=O. The summed E-state index contributed by atoms with van der Waals surface area (Å²) in [6, 6.07) is 7.98. The quantitative estimate of drug-likeness (QED) is 0.863. The van der Waals surface area contributed by atoms with Gasteiger partial charge in [-0.05, 0) is 43.5 Å². The number of amides is 1. The van der Waals surface area contributed by atoms with Crippen molar-refractivity contribution < 1.29 is 4.79 Å². The summed E-state index contributed by atoms with van der Waals surface area (Å²) in [5, 5.41) is 0. The Morgan fingerprint density at radius 1 is 1.55 bits per heavy atom. The molecule has 20 heavy (non-hydrogen) atoms. The number of rotatable bonds is 5. The van der Waals surface area contributed by atoms with Crippen LogP contribution in [0.3, 0.4) is 0 Å². The van der Waals surface area contributed by atoms with Crippen molar-refractivity contribution in [1.29, 1.82) is 0 Å². The average molecular weight is 340 g/mol. The van der Waals surface area contributed by atoms with E-state index in [0.717, 1.165) is 35.8 Å². The van der Waals surface area contributed by atoms with E-state index in [1.54, 1.807) is 0 Å². The van der Waals surface area contributed by atoms with Gasteiger partial charge in [0.25, 0.3) is 0 Å². The molecule has 0 aromatic heterocycles. The molecule has 1 aliphatic heterocycles. The summed E-state index contributed by atoms with van der Waals surface area (Å²) in [5.41, 5.74) is 13.0. The molecule has 3 unspecified atom stereocenters. The van der Waals surface area contributed by atoms with Crippen LogP contribution in [0, 0.1) is 0 Å². The van der Waals surface area contributed by atoms with Crippen molar-refractivity contribution >= 4 is 21.8 Å². The van der Waals surface area contributed by atoms with Crippen LogP contribution in [0.25, 0.3) is 0 Å². The maximum atomic E-state index is 11.7. The van der Waals surface area contributed by atoms with Crippen molar-refractivity contribution in [3.05, 3.63) is 34.3 Å².